The maximum atomic E-state index is 2.43. The molecule has 3 heterocycles. The Morgan fingerprint density at radius 1 is 0.500 bits per heavy atom. The molecule has 244 valence electrons. The zero-order chi connectivity index (χ0) is 34.2. The van der Waals surface area contributed by atoms with E-state index in [4.69, 9.17) is 0 Å². The van der Waals surface area contributed by atoms with Crippen molar-refractivity contribution in [2.75, 3.05) is 9.80 Å². The lowest BCUT2D eigenvalue weighted by Gasteiger charge is -2.46. The molecule has 1 aromatic heterocycles. The fourth-order valence-corrected chi connectivity index (χ4v) is 9.68. The number of nitrogens with zero attached hydrogens (tertiary/aromatic N) is 2. The van der Waals surface area contributed by atoms with Crippen LogP contribution in [0.5, 0.6) is 0 Å². The van der Waals surface area contributed by atoms with Gasteiger partial charge in [0.2, 0.25) is 0 Å². The Balaban J connectivity index is 1.04. The van der Waals surface area contributed by atoms with E-state index in [9.17, 15) is 0 Å². The molecule has 0 fully saturated rings. The zero-order valence-corrected chi connectivity index (χ0v) is 29.1. The van der Waals surface area contributed by atoms with Crippen LogP contribution < -0.4 is 9.80 Å². The molecule has 2 aliphatic rings. The van der Waals surface area contributed by atoms with Crippen LogP contribution in [0.25, 0.3) is 59.3 Å². The normalized spacial score (nSPS) is 14.2. The second-order valence-electron chi connectivity index (χ2n) is 13.7. The third kappa shape index (κ3) is 4.43. The summed E-state index contributed by atoms with van der Waals surface area (Å²) in [6, 6.07) is 64.8. The summed E-state index contributed by atoms with van der Waals surface area (Å²) in [6.07, 6.45) is 4.50. The van der Waals surface area contributed by atoms with Crippen molar-refractivity contribution in [3.05, 3.63) is 199 Å². The van der Waals surface area contributed by atoms with E-state index in [1.54, 1.807) is 0 Å². The number of thiophene rings is 1. The maximum Gasteiger partial charge on any atom is 0.0871 e. The minimum atomic E-state index is 0.245. The van der Waals surface area contributed by atoms with Crippen LogP contribution >= 0.6 is 11.3 Å². The first kappa shape index (κ1) is 29.3. The van der Waals surface area contributed by atoms with E-state index in [1.807, 2.05) is 11.3 Å². The highest BCUT2D eigenvalue weighted by molar-refractivity contribution is 7.26. The van der Waals surface area contributed by atoms with Crippen molar-refractivity contribution in [3.63, 3.8) is 0 Å². The lowest BCUT2D eigenvalue weighted by molar-refractivity contribution is 0.734. The van der Waals surface area contributed by atoms with E-state index in [-0.39, 0.29) is 6.04 Å². The highest BCUT2D eigenvalue weighted by Crippen LogP contribution is 2.53. The van der Waals surface area contributed by atoms with E-state index < -0.39 is 0 Å². The second kappa shape index (κ2) is 11.6. The van der Waals surface area contributed by atoms with Gasteiger partial charge in [-0.3, -0.25) is 0 Å². The van der Waals surface area contributed by atoms with Crippen molar-refractivity contribution in [1.82, 2.24) is 0 Å². The molecular weight excluding hydrogens is 649 g/mol. The molecular formula is C49H32N2S. The Bertz CT molecular complexity index is 2860. The molecule has 2 nitrogen and oxygen atoms in total. The highest BCUT2D eigenvalue weighted by atomic mass is 32.1. The summed E-state index contributed by atoms with van der Waals surface area (Å²) in [7, 11) is 0. The molecule has 0 amide bonds. The van der Waals surface area contributed by atoms with Crippen molar-refractivity contribution in [1.29, 1.82) is 0 Å². The number of hydrogen-bond donors (Lipinski definition) is 0. The van der Waals surface area contributed by atoms with E-state index in [1.165, 1.54) is 81.3 Å². The third-order valence-electron chi connectivity index (χ3n) is 10.9. The summed E-state index contributed by atoms with van der Waals surface area (Å²) in [4.78, 5) is 4.84. The molecule has 0 saturated heterocycles. The molecule has 2 aliphatic heterocycles. The fraction of sp³-hybridized carbons (Fsp3) is 0.0204. The van der Waals surface area contributed by atoms with Crippen LogP contribution in [0.3, 0.4) is 0 Å². The van der Waals surface area contributed by atoms with E-state index in [2.05, 4.69) is 198 Å². The summed E-state index contributed by atoms with van der Waals surface area (Å²) < 4.78 is 2.60. The Morgan fingerprint density at radius 3 is 1.98 bits per heavy atom. The number of rotatable bonds is 5. The minimum Gasteiger partial charge on any atom is -0.336 e. The minimum absolute atomic E-state index is 0.245. The van der Waals surface area contributed by atoms with Crippen LogP contribution in [0.4, 0.5) is 22.7 Å². The van der Waals surface area contributed by atoms with Crippen LogP contribution in [-0.2, 0) is 0 Å². The third-order valence-corrected chi connectivity index (χ3v) is 12.1. The molecule has 0 N–H and O–H groups in total. The molecule has 9 aromatic rings. The van der Waals surface area contributed by atoms with Gasteiger partial charge in [-0.2, -0.15) is 0 Å². The van der Waals surface area contributed by atoms with Crippen molar-refractivity contribution in [2.24, 2.45) is 0 Å². The average molecular weight is 681 g/mol. The maximum absolute atomic E-state index is 2.43. The molecule has 0 radical (unpaired) electrons. The largest absolute Gasteiger partial charge is 0.336 e. The van der Waals surface area contributed by atoms with Gasteiger partial charge in [0.15, 0.2) is 0 Å². The number of anilines is 4. The van der Waals surface area contributed by atoms with E-state index in [0.717, 1.165) is 11.4 Å². The quantitative estimate of drug-likeness (QED) is 0.179. The Kier molecular flexibility index (Phi) is 6.52. The monoisotopic (exact) mass is 680 g/mol. The summed E-state index contributed by atoms with van der Waals surface area (Å²) in [5.41, 5.74) is 13.8. The summed E-state index contributed by atoms with van der Waals surface area (Å²) >= 11 is 1.87. The van der Waals surface area contributed by atoms with Crippen molar-refractivity contribution in [3.8, 4) is 22.3 Å². The Morgan fingerprint density at radius 2 is 1.13 bits per heavy atom. The van der Waals surface area contributed by atoms with Gasteiger partial charge < -0.3 is 9.80 Å². The Labute approximate surface area is 306 Å². The average Bonchev–Trinajstić information content (AvgIpc) is 3.59. The second-order valence-corrected chi connectivity index (χ2v) is 14.8. The molecule has 1 unspecified atom stereocenters. The van der Waals surface area contributed by atoms with Crippen LogP contribution in [0.2, 0.25) is 0 Å². The SMILES string of the molecule is C1=CN2c3ccccc3C2c2c1cccc2-c1ccc(N(c2ccc(-c3cccc4ccccc34)cc2)c2cccc3c2sc2ccccc23)cc1. The molecule has 1 atom stereocenters. The van der Waals surface area contributed by atoms with Gasteiger partial charge in [-0.05, 0) is 92.7 Å². The van der Waals surface area contributed by atoms with Crippen LogP contribution in [0.15, 0.2) is 182 Å². The van der Waals surface area contributed by atoms with E-state index >= 15 is 0 Å². The number of hydrogen-bond acceptors (Lipinski definition) is 3. The molecule has 0 saturated carbocycles. The summed E-state index contributed by atoms with van der Waals surface area (Å²) in [5, 5.41) is 5.13. The van der Waals surface area contributed by atoms with Gasteiger partial charge in [0.1, 0.15) is 0 Å². The van der Waals surface area contributed by atoms with Crippen LogP contribution in [0, 0.1) is 0 Å². The molecule has 3 heteroatoms. The van der Waals surface area contributed by atoms with Gasteiger partial charge >= 0.3 is 0 Å². The fourth-order valence-electron chi connectivity index (χ4n) is 8.48. The van der Waals surface area contributed by atoms with Crippen molar-refractivity contribution >= 4 is 71.1 Å². The van der Waals surface area contributed by atoms with Gasteiger partial charge in [0.25, 0.3) is 0 Å². The number of para-hydroxylation sites is 1. The predicted molar refractivity (Wildman–Crippen MR) is 222 cm³/mol. The van der Waals surface area contributed by atoms with Crippen LogP contribution in [-0.4, -0.2) is 0 Å². The topological polar surface area (TPSA) is 6.48 Å². The predicted octanol–water partition coefficient (Wildman–Crippen LogP) is 13.9. The lowest BCUT2D eigenvalue weighted by Crippen LogP contribution is -2.36. The molecule has 0 spiro atoms. The van der Waals surface area contributed by atoms with Gasteiger partial charge in [-0.25, -0.2) is 0 Å². The first-order valence-electron chi connectivity index (χ1n) is 17.9. The van der Waals surface area contributed by atoms with E-state index in [0.29, 0.717) is 0 Å². The smallest absolute Gasteiger partial charge is 0.0871 e. The van der Waals surface area contributed by atoms with Gasteiger partial charge in [-0.1, -0.05) is 133 Å². The number of benzene rings is 8. The summed E-state index contributed by atoms with van der Waals surface area (Å²) in [6.45, 7) is 0. The lowest BCUT2D eigenvalue weighted by atomic mass is 9.79. The molecule has 0 aliphatic carbocycles. The van der Waals surface area contributed by atoms with Gasteiger partial charge in [-0.15, -0.1) is 11.3 Å². The first-order valence-corrected chi connectivity index (χ1v) is 18.7. The highest BCUT2D eigenvalue weighted by Gasteiger charge is 2.38. The number of fused-ring (bicyclic) bond motifs is 10. The Hall–Kier alpha value is -6.42. The summed E-state index contributed by atoms with van der Waals surface area (Å²) in [5.74, 6) is 0. The van der Waals surface area contributed by atoms with Crippen LogP contribution in [0.1, 0.15) is 22.7 Å². The molecule has 52 heavy (non-hydrogen) atoms. The van der Waals surface area contributed by atoms with Crippen molar-refractivity contribution < 1.29 is 0 Å². The molecule has 0 bridgehead atoms. The molecule has 8 aromatic carbocycles. The zero-order valence-electron chi connectivity index (χ0n) is 28.3. The van der Waals surface area contributed by atoms with Gasteiger partial charge in [0, 0.05) is 44.3 Å². The standard InChI is InChI=1S/C49H32N2S/c1-2-13-38-32(10-1)11-7-16-39(38)33-22-26-36(27-23-33)51(45-20-9-18-42-41-14-4-6-21-46(41)52-49(42)45)37-28-24-34(25-29-37)40-17-8-12-35-30-31-50-44-19-5-3-15-43(44)48(50)47(35)40/h1-31,48H. The van der Waals surface area contributed by atoms with Gasteiger partial charge in [0.05, 0.1) is 16.4 Å². The first-order chi connectivity index (χ1) is 25.8. The van der Waals surface area contributed by atoms with Crippen molar-refractivity contribution in [2.45, 2.75) is 6.04 Å². The molecule has 11 rings (SSSR count).